The Balaban J connectivity index is 3.10. The monoisotopic (exact) mass is 348 g/mol. The van der Waals surface area contributed by atoms with Gasteiger partial charge in [-0.3, -0.25) is 0 Å². The molecule has 0 aromatic heterocycles. The molecule has 1 aromatic rings. The predicted octanol–water partition coefficient (Wildman–Crippen LogP) is 4.12. The molecule has 2 nitrogen and oxygen atoms in total. The first-order chi connectivity index (χ1) is 7.06. The lowest BCUT2D eigenvalue weighted by molar-refractivity contribution is -0.0525. The molecule has 0 aliphatic carbocycles. The van der Waals surface area contributed by atoms with Crippen LogP contribution in [0.1, 0.15) is 0 Å². The van der Waals surface area contributed by atoms with E-state index >= 15 is 0 Å². The highest BCUT2D eigenvalue weighted by Crippen LogP contribution is 2.41. The Kier molecular flexibility index (Phi) is 4.72. The molecule has 0 spiro atoms. The van der Waals surface area contributed by atoms with Crippen LogP contribution >= 0.6 is 31.9 Å². The molecule has 1 rings (SSSR count). The fourth-order valence-electron chi connectivity index (χ4n) is 0.886. The molecule has 7 heteroatoms. The topological polar surface area (TPSA) is 18.5 Å². The molecule has 0 radical (unpaired) electrons. The van der Waals surface area contributed by atoms with Crippen LogP contribution in [0.5, 0.6) is 11.5 Å². The van der Waals surface area contributed by atoms with Gasteiger partial charge in [0.25, 0.3) is 0 Å². The van der Waals surface area contributed by atoms with Gasteiger partial charge < -0.3 is 9.47 Å². The predicted molar refractivity (Wildman–Crippen MR) is 55.1 cm³/mol. The summed E-state index contributed by atoms with van der Waals surface area (Å²) in [5.41, 5.74) is 0. The Labute approximate surface area is 101 Å². The first-order valence-electron chi connectivity index (χ1n) is 3.67. The molecule has 0 saturated carbocycles. The second-order valence-electron chi connectivity index (χ2n) is 2.32. The highest BCUT2D eigenvalue weighted by atomic mass is 79.9. The molecule has 0 unspecified atom stereocenters. The summed E-state index contributed by atoms with van der Waals surface area (Å²) >= 11 is 6.12. The molecule has 15 heavy (non-hydrogen) atoms. The number of alkyl halides is 3. The number of benzene rings is 1. The van der Waals surface area contributed by atoms with Crippen molar-refractivity contribution < 1.29 is 22.6 Å². The Morgan fingerprint density at radius 1 is 1.27 bits per heavy atom. The van der Waals surface area contributed by atoms with Crippen molar-refractivity contribution in [3.63, 3.8) is 0 Å². The van der Waals surface area contributed by atoms with E-state index in [1.165, 1.54) is 12.1 Å². The van der Waals surface area contributed by atoms with Crippen molar-refractivity contribution in [3.8, 4) is 11.5 Å². The molecule has 0 bridgehead atoms. The highest BCUT2D eigenvalue weighted by Gasteiger charge is 2.16. The zero-order chi connectivity index (χ0) is 11.4. The van der Waals surface area contributed by atoms with Gasteiger partial charge in [-0.15, -0.1) is 0 Å². The lowest BCUT2D eigenvalue weighted by Gasteiger charge is -2.12. The van der Waals surface area contributed by atoms with Crippen LogP contribution in [0.3, 0.4) is 0 Å². The van der Waals surface area contributed by atoms with Gasteiger partial charge in [0.1, 0.15) is 0 Å². The van der Waals surface area contributed by atoms with E-state index in [9.17, 15) is 13.2 Å². The Hall–Kier alpha value is -0.430. The molecule has 84 valence electrons. The average molecular weight is 350 g/mol. The average Bonchev–Trinajstić information content (AvgIpc) is 2.17. The summed E-state index contributed by atoms with van der Waals surface area (Å²) in [6.07, 6.45) is 0. The van der Waals surface area contributed by atoms with Crippen LogP contribution in [-0.2, 0) is 0 Å². The summed E-state index contributed by atoms with van der Waals surface area (Å²) in [6.45, 7) is -4.12. The minimum Gasteiger partial charge on any atom is -0.459 e. The van der Waals surface area contributed by atoms with Gasteiger partial charge in [-0.05, 0) is 44.0 Å². The fraction of sp³-hybridized carbons (Fsp3) is 0.250. The first-order valence-corrected chi connectivity index (χ1v) is 5.26. The quantitative estimate of drug-likeness (QED) is 0.814. The van der Waals surface area contributed by atoms with Gasteiger partial charge >= 0.3 is 6.61 Å². The summed E-state index contributed by atoms with van der Waals surface area (Å²) in [5, 5.41) is 0. The van der Waals surface area contributed by atoms with Crippen LogP contribution in [0.2, 0.25) is 0 Å². The third kappa shape index (κ3) is 3.27. The molecule has 0 aliphatic rings. The van der Waals surface area contributed by atoms with Gasteiger partial charge in [0, 0.05) is 4.47 Å². The smallest absolute Gasteiger partial charge is 0.387 e. The lowest BCUT2D eigenvalue weighted by atomic mass is 10.3. The maximum Gasteiger partial charge on any atom is 0.387 e. The number of rotatable bonds is 4. The van der Waals surface area contributed by atoms with E-state index in [1.807, 2.05) is 0 Å². The maximum absolute atomic E-state index is 12.0. The van der Waals surface area contributed by atoms with E-state index in [0.717, 1.165) is 0 Å². The second-order valence-corrected chi connectivity index (χ2v) is 3.97. The third-order valence-electron chi connectivity index (χ3n) is 1.43. The van der Waals surface area contributed by atoms with E-state index in [1.54, 1.807) is 0 Å². The number of halogens is 5. The second kappa shape index (κ2) is 5.60. The Morgan fingerprint density at radius 2 is 1.93 bits per heavy atom. The number of hydrogen-bond donors (Lipinski definition) is 0. The van der Waals surface area contributed by atoms with E-state index in [2.05, 4.69) is 41.3 Å². The van der Waals surface area contributed by atoms with Crippen molar-refractivity contribution in [1.29, 1.82) is 0 Å². The molecular weight excluding hydrogens is 345 g/mol. The molecular formula is C8H5Br2F3O2. The molecule has 0 atom stereocenters. The minimum atomic E-state index is -3.00. The summed E-state index contributed by atoms with van der Waals surface area (Å²) in [5.74, 6) is -0.329. The normalized spacial score (nSPS) is 10.5. The number of hydrogen-bond acceptors (Lipinski definition) is 2. The van der Waals surface area contributed by atoms with E-state index in [4.69, 9.17) is 0 Å². The molecule has 0 aliphatic heterocycles. The minimum absolute atomic E-state index is 0.0899. The van der Waals surface area contributed by atoms with Crippen molar-refractivity contribution in [1.82, 2.24) is 0 Å². The van der Waals surface area contributed by atoms with Gasteiger partial charge in [0.05, 0.1) is 4.47 Å². The van der Waals surface area contributed by atoms with Crippen LogP contribution in [-0.4, -0.2) is 13.5 Å². The molecule has 1 aromatic carbocycles. The zero-order valence-corrected chi connectivity index (χ0v) is 10.3. The van der Waals surface area contributed by atoms with Crippen molar-refractivity contribution in [2.45, 2.75) is 6.61 Å². The lowest BCUT2D eigenvalue weighted by Crippen LogP contribution is -2.05. The third-order valence-corrected chi connectivity index (χ3v) is 3.41. The maximum atomic E-state index is 12.0. The van der Waals surface area contributed by atoms with Gasteiger partial charge in [-0.2, -0.15) is 8.78 Å². The van der Waals surface area contributed by atoms with Gasteiger partial charge in [-0.1, -0.05) is 0 Å². The first kappa shape index (κ1) is 12.6. The molecule has 0 amide bonds. The summed E-state index contributed by atoms with van der Waals surface area (Å²) in [6, 6.07) is 2.85. The van der Waals surface area contributed by atoms with Crippen molar-refractivity contribution >= 4 is 31.9 Å². The summed E-state index contributed by atoms with van der Waals surface area (Å²) in [4.78, 5) is 0. The van der Waals surface area contributed by atoms with Gasteiger partial charge in [0.2, 0.25) is 6.86 Å². The van der Waals surface area contributed by atoms with E-state index in [0.29, 0.717) is 4.47 Å². The molecule has 0 N–H and O–H groups in total. The van der Waals surface area contributed by atoms with Crippen LogP contribution in [0.15, 0.2) is 21.1 Å². The molecule has 0 fully saturated rings. The van der Waals surface area contributed by atoms with Crippen LogP contribution in [0.4, 0.5) is 13.2 Å². The van der Waals surface area contributed by atoms with Crippen molar-refractivity contribution in [3.05, 3.63) is 21.1 Å². The fourth-order valence-corrected chi connectivity index (χ4v) is 1.62. The standard InChI is InChI=1S/C8H5Br2F3O2/c9-4-1-2-5(14-3-11)7(6(4)10)15-8(12)13/h1-2,8H,3H2. The van der Waals surface area contributed by atoms with Crippen LogP contribution in [0.25, 0.3) is 0 Å². The van der Waals surface area contributed by atoms with Crippen molar-refractivity contribution in [2.24, 2.45) is 0 Å². The molecule has 0 saturated heterocycles. The zero-order valence-electron chi connectivity index (χ0n) is 7.15. The molecule has 0 heterocycles. The number of ether oxygens (including phenoxy) is 2. The van der Waals surface area contributed by atoms with Crippen molar-refractivity contribution in [2.75, 3.05) is 6.86 Å². The Bertz CT molecular complexity index is 347. The largest absolute Gasteiger partial charge is 0.459 e. The van der Waals surface area contributed by atoms with Crippen LogP contribution < -0.4 is 9.47 Å². The van der Waals surface area contributed by atoms with E-state index < -0.39 is 13.5 Å². The summed E-state index contributed by atoms with van der Waals surface area (Å²) in [7, 11) is 0. The highest BCUT2D eigenvalue weighted by molar-refractivity contribution is 9.13. The SMILES string of the molecule is FCOc1ccc(Br)c(Br)c1OC(F)F. The summed E-state index contributed by atoms with van der Waals surface area (Å²) < 4.78 is 45.5. The Morgan fingerprint density at radius 3 is 2.47 bits per heavy atom. The van der Waals surface area contributed by atoms with Gasteiger partial charge in [-0.25, -0.2) is 4.39 Å². The van der Waals surface area contributed by atoms with E-state index in [-0.39, 0.29) is 16.0 Å². The van der Waals surface area contributed by atoms with Gasteiger partial charge in [0.15, 0.2) is 11.5 Å². The van der Waals surface area contributed by atoms with Crippen LogP contribution in [0, 0.1) is 0 Å².